The summed E-state index contributed by atoms with van der Waals surface area (Å²) in [6, 6.07) is 5.48. The van der Waals surface area contributed by atoms with Gasteiger partial charge in [-0.25, -0.2) is 4.79 Å². The van der Waals surface area contributed by atoms with Crippen molar-refractivity contribution < 1.29 is 9.53 Å². The topological polar surface area (TPSA) is 52.3 Å². The van der Waals surface area contributed by atoms with Gasteiger partial charge in [0.15, 0.2) is 0 Å². The molecule has 0 bridgehead atoms. The minimum atomic E-state index is -0.350. The van der Waals surface area contributed by atoms with Crippen LogP contribution in [0.5, 0.6) is 0 Å². The molecule has 0 aliphatic carbocycles. The van der Waals surface area contributed by atoms with Gasteiger partial charge in [-0.2, -0.15) is 0 Å². The standard InChI is InChI=1S/C13H19NO2S/c1-4-9(3)17-11-8-6-7-10(12(11)14)13(15)16-5-2/h6-9H,4-5,14H2,1-3H3. The van der Waals surface area contributed by atoms with Crippen LogP contribution in [0.1, 0.15) is 37.6 Å². The van der Waals surface area contributed by atoms with E-state index in [-0.39, 0.29) is 5.97 Å². The van der Waals surface area contributed by atoms with Crippen molar-refractivity contribution in [2.75, 3.05) is 12.3 Å². The van der Waals surface area contributed by atoms with Crippen LogP contribution in [-0.2, 0) is 4.74 Å². The molecule has 1 rings (SSSR count). The smallest absolute Gasteiger partial charge is 0.340 e. The molecule has 1 aromatic carbocycles. The predicted molar refractivity (Wildman–Crippen MR) is 72.4 cm³/mol. The molecule has 0 aromatic heterocycles. The Bertz CT molecular complexity index is 393. The summed E-state index contributed by atoms with van der Waals surface area (Å²) in [5.41, 5.74) is 6.98. The lowest BCUT2D eigenvalue weighted by Crippen LogP contribution is -2.09. The van der Waals surface area contributed by atoms with E-state index in [2.05, 4.69) is 13.8 Å². The Morgan fingerprint density at radius 1 is 1.47 bits per heavy atom. The fourth-order valence-electron chi connectivity index (χ4n) is 1.33. The highest BCUT2D eigenvalue weighted by Crippen LogP contribution is 2.32. The van der Waals surface area contributed by atoms with E-state index in [0.717, 1.165) is 11.3 Å². The maximum absolute atomic E-state index is 11.7. The Kier molecular flexibility index (Phi) is 5.35. The van der Waals surface area contributed by atoms with E-state index < -0.39 is 0 Å². The Balaban J connectivity index is 2.94. The van der Waals surface area contributed by atoms with Crippen molar-refractivity contribution >= 4 is 23.4 Å². The summed E-state index contributed by atoms with van der Waals surface area (Å²) < 4.78 is 4.97. The molecular weight excluding hydrogens is 234 g/mol. The van der Waals surface area contributed by atoms with Gasteiger partial charge >= 0.3 is 5.97 Å². The third-order valence-corrected chi connectivity index (χ3v) is 3.81. The summed E-state index contributed by atoms with van der Waals surface area (Å²) in [6.07, 6.45) is 1.06. The van der Waals surface area contributed by atoms with Gasteiger partial charge in [-0.05, 0) is 25.5 Å². The molecule has 0 heterocycles. The van der Waals surface area contributed by atoms with Crippen molar-refractivity contribution in [3.8, 4) is 0 Å². The number of hydrogen-bond donors (Lipinski definition) is 1. The van der Waals surface area contributed by atoms with Gasteiger partial charge in [-0.3, -0.25) is 0 Å². The number of carbonyl (C=O) groups is 1. The monoisotopic (exact) mass is 253 g/mol. The lowest BCUT2D eigenvalue weighted by atomic mass is 10.2. The summed E-state index contributed by atoms with van der Waals surface area (Å²) in [4.78, 5) is 12.6. The number of rotatable bonds is 5. The van der Waals surface area contributed by atoms with Crippen molar-refractivity contribution in [2.24, 2.45) is 0 Å². The van der Waals surface area contributed by atoms with Gasteiger partial charge in [-0.1, -0.05) is 19.9 Å². The fourth-order valence-corrected chi connectivity index (χ4v) is 2.33. The molecular formula is C13H19NO2S. The van der Waals surface area contributed by atoms with Crippen molar-refractivity contribution in [3.63, 3.8) is 0 Å². The second-order valence-corrected chi connectivity index (χ2v) is 5.25. The number of nitrogens with two attached hydrogens (primary N) is 1. The van der Waals surface area contributed by atoms with Crippen LogP contribution < -0.4 is 5.73 Å². The summed E-state index contributed by atoms with van der Waals surface area (Å²) in [6.45, 7) is 6.41. The number of nitrogen functional groups attached to an aromatic ring is 1. The third kappa shape index (κ3) is 3.66. The van der Waals surface area contributed by atoms with Crippen LogP contribution in [0.2, 0.25) is 0 Å². The number of carbonyl (C=O) groups excluding carboxylic acids is 1. The van der Waals surface area contributed by atoms with Gasteiger partial charge in [0.05, 0.1) is 17.9 Å². The summed E-state index contributed by atoms with van der Waals surface area (Å²) >= 11 is 1.69. The molecule has 0 aliphatic heterocycles. The first kappa shape index (κ1) is 13.9. The molecule has 0 amide bonds. The average Bonchev–Trinajstić information content (AvgIpc) is 2.32. The van der Waals surface area contributed by atoms with Gasteiger partial charge in [-0.15, -0.1) is 11.8 Å². The Labute approximate surface area is 107 Å². The largest absolute Gasteiger partial charge is 0.462 e. The Morgan fingerprint density at radius 2 is 2.18 bits per heavy atom. The molecule has 0 fully saturated rings. The molecule has 0 spiro atoms. The van der Waals surface area contributed by atoms with E-state index in [9.17, 15) is 4.79 Å². The highest BCUT2D eigenvalue weighted by molar-refractivity contribution is 8.00. The molecule has 3 nitrogen and oxygen atoms in total. The van der Waals surface area contributed by atoms with Gasteiger partial charge in [0.2, 0.25) is 0 Å². The molecule has 1 atom stereocenters. The minimum absolute atomic E-state index is 0.350. The van der Waals surface area contributed by atoms with Gasteiger partial charge in [0.25, 0.3) is 0 Å². The fraction of sp³-hybridized carbons (Fsp3) is 0.462. The van der Waals surface area contributed by atoms with Crippen LogP contribution in [0.15, 0.2) is 23.1 Å². The minimum Gasteiger partial charge on any atom is -0.462 e. The molecule has 2 N–H and O–H groups in total. The zero-order valence-electron chi connectivity index (χ0n) is 10.5. The summed E-state index contributed by atoms with van der Waals surface area (Å²) in [5.74, 6) is -0.350. The Hall–Kier alpha value is -1.16. The number of para-hydroxylation sites is 1. The average molecular weight is 253 g/mol. The SMILES string of the molecule is CCOC(=O)c1cccc(SC(C)CC)c1N. The molecule has 4 heteroatoms. The lowest BCUT2D eigenvalue weighted by molar-refractivity contribution is 0.0527. The van der Waals surface area contributed by atoms with E-state index in [0.29, 0.717) is 23.1 Å². The van der Waals surface area contributed by atoms with Crippen LogP contribution in [0.3, 0.4) is 0 Å². The molecule has 0 radical (unpaired) electrons. The molecule has 17 heavy (non-hydrogen) atoms. The third-order valence-electron chi connectivity index (χ3n) is 2.46. The first-order valence-corrected chi connectivity index (χ1v) is 6.70. The number of hydrogen-bond acceptors (Lipinski definition) is 4. The number of anilines is 1. The number of benzene rings is 1. The summed E-state index contributed by atoms with van der Waals surface area (Å²) in [5, 5.41) is 0.481. The maximum Gasteiger partial charge on any atom is 0.340 e. The number of thioether (sulfide) groups is 1. The van der Waals surface area contributed by atoms with Crippen molar-refractivity contribution in [2.45, 2.75) is 37.3 Å². The van der Waals surface area contributed by atoms with E-state index in [4.69, 9.17) is 10.5 Å². The van der Waals surface area contributed by atoms with Crippen LogP contribution in [0.25, 0.3) is 0 Å². The zero-order valence-corrected chi connectivity index (χ0v) is 11.3. The molecule has 0 saturated carbocycles. The molecule has 0 saturated heterocycles. The van der Waals surface area contributed by atoms with Gasteiger partial charge in [0, 0.05) is 10.1 Å². The van der Waals surface area contributed by atoms with E-state index in [1.54, 1.807) is 24.8 Å². The van der Waals surface area contributed by atoms with Crippen molar-refractivity contribution in [1.29, 1.82) is 0 Å². The van der Waals surface area contributed by atoms with E-state index in [1.807, 2.05) is 12.1 Å². The first-order valence-electron chi connectivity index (χ1n) is 5.82. The first-order chi connectivity index (χ1) is 8.10. The summed E-state index contributed by atoms with van der Waals surface area (Å²) in [7, 11) is 0. The quantitative estimate of drug-likeness (QED) is 0.497. The van der Waals surface area contributed by atoms with Gasteiger partial charge < -0.3 is 10.5 Å². The van der Waals surface area contributed by atoms with Crippen LogP contribution >= 0.6 is 11.8 Å². The van der Waals surface area contributed by atoms with E-state index >= 15 is 0 Å². The normalized spacial score (nSPS) is 12.2. The second kappa shape index (κ2) is 6.55. The van der Waals surface area contributed by atoms with E-state index in [1.165, 1.54) is 0 Å². The van der Waals surface area contributed by atoms with Gasteiger partial charge in [0.1, 0.15) is 0 Å². The van der Waals surface area contributed by atoms with Crippen LogP contribution in [0, 0.1) is 0 Å². The van der Waals surface area contributed by atoms with Crippen LogP contribution in [0.4, 0.5) is 5.69 Å². The molecule has 1 unspecified atom stereocenters. The highest BCUT2D eigenvalue weighted by Gasteiger charge is 2.14. The molecule has 1 aromatic rings. The van der Waals surface area contributed by atoms with Crippen molar-refractivity contribution in [3.05, 3.63) is 23.8 Å². The zero-order chi connectivity index (χ0) is 12.8. The second-order valence-electron chi connectivity index (χ2n) is 3.77. The number of ether oxygens (including phenoxy) is 1. The lowest BCUT2D eigenvalue weighted by Gasteiger charge is -2.13. The number of esters is 1. The van der Waals surface area contributed by atoms with Crippen LogP contribution in [-0.4, -0.2) is 17.8 Å². The van der Waals surface area contributed by atoms with Crippen molar-refractivity contribution in [1.82, 2.24) is 0 Å². The molecule has 0 aliphatic rings. The highest BCUT2D eigenvalue weighted by atomic mass is 32.2. The molecule has 94 valence electrons. The maximum atomic E-state index is 11.7. The Morgan fingerprint density at radius 3 is 2.76 bits per heavy atom. The predicted octanol–water partition coefficient (Wildman–Crippen LogP) is 3.34.